The monoisotopic (exact) mass is 183 g/mol. The van der Waals surface area contributed by atoms with Crippen molar-refractivity contribution in [3.63, 3.8) is 0 Å². The first-order valence-electron chi connectivity index (χ1n) is 3.67. The fourth-order valence-corrected chi connectivity index (χ4v) is 1.15. The van der Waals surface area contributed by atoms with Crippen LogP contribution >= 0.6 is 11.6 Å². The van der Waals surface area contributed by atoms with Crippen LogP contribution in [-0.4, -0.2) is 16.3 Å². The van der Waals surface area contributed by atoms with Crippen molar-refractivity contribution in [1.82, 2.24) is 0 Å². The second-order valence-corrected chi connectivity index (χ2v) is 3.12. The molecule has 1 N–H and O–H groups in total. The highest BCUT2D eigenvalue weighted by molar-refractivity contribution is 6.34. The second kappa shape index (κ2) is 4.12. The zero-order valence-corrected chi connectivity index (χ0v) is 7.49. The summed E-state index contributed by atoms with van der Waals surface area (Å²) in [6.07, 6.45) is 0. The first-order valence-corrected chi connectivity index (χ1v) is 4.10. The van der Waals surface area contributed by atoms with Gasteiger partial charge in [-0.05, 0) is 6.92 Å². The maximum absolute atomic E-state index is 8.65. The summed E-state index contributed by atoms with van der Waals surface area (Å²) in [5.74, 6) is 0. The van der Waals surface area contributed by atoms with Crippen molar-refractivity contribution in [1.29, 1.82) is 0 Å². The Morgan fingerprint density at radius 1 is 1.42 bits per heavy atom. The van der Waals surface area contributed by atoms with E-state index in [1.807, 2.05) is 30.3 Å². The Morgan fingerprint density at radius 2 is 2.00 bits per heavy atom. The van der Waals surface area contributed by atoms with Gasteiger partial charge in [0.2, 0.25) is 0 Å². The molecule has 3 heteroatoms. The summed E-state index contributed by atoms with van der Waals surface area (Å²) in [4.78, 5) is 0. The van der Waals surface area contributed by atoms with Gasteiger partial charge in [0.05, 0.1) is 5.38 Å². The SMILES string of the molecule is CC(Cl)C(=NO)c1ccccc1. The summed E-state index contributed by atoms with van der Waals surface area (Å²) in [7, 11) is 0. The minimum Gasteiger partial charge on any atom is -0.411 e. The van der Waals surface area contributed by atoms with Crippen molar-refractivity contribution in [3.05, 3.63) is 35.9 Å². The molecule has 0 heterocycles. The third-order valence-electron chi connectivity index (χ3n) is 1.55. The van der Waals surface area contributed by atoms with E-state index in [2.05, 4.69) is 5.16 Å². The highest BCUT2D eigenvalue weighted by Crippen LogP contribution is 2.08. The molecule has 0 radical (unpaired) electrons. The number of benzene rings is 1. The van der Waals surface area contributed by atoms with E-state index in [1.165, 1.54) is 0 Å². The van der Waals surface area contributed by atoms with Gasteiger partial charge in [0.1, 0.15) is 5.71 Å². The smallest absolute Gasteiger partial charge is 0.104 e. The number of rotatable bonds is 2. The Hall–Kier alpha value is -1.02. The molecule has 0 aliphatic rings. The first kappa shape index (κ1) is 9.07. The first-order chi connectivity index (χ1) is 5.75. The van der Waals surface area contributed by atoms with Crippen LogP contribution in [0.3, 0.4) is 0 Å². The van der Waals surface area contributed by atoms with E-state index in [4.69, 9.17) is 16.8 Å². The van der Waals surface area contributed by atoms with Crippen LogP contribution < -0.4 is 0 Å². The highest BCUT2D eigenvalue weighted by Gasteiger charge is 2.09. The summed E-state index contributed by atoms with van der Waals surface area (Å²) in [6, 6.07) is 9.36. The van der Waals surface area contributed by atoms with Gasteiger partial charge in [-0.2, -0.15) is 0 Å². The van der Waals surface area contributed by atoms with Gasteiger partial charge in [0.15, 0.2) is 0 Å². The van der Waals surface area contributed by atoms with Crippen LogP contribution in [-0.2, 0) is 0 Å². The molecule has 0 aliphatic carbocycles. The Morgan fingerprint density at radius 3 is 2.42 bits per heavy atom. The van der Waals surface area contributed by atoms with E-state index in [9.17, 15) is 0 Å². The quantitative estimate of drug-likeness (QED) is 0.325. The molecule has 2 nitrogen and oxygen atoms in total. The largest absolute Gasteiger partial charge is 0.411 e. The minimum atomic E-state index is -0.280. The van der Waals surface area contributed by atoms with Gasteiger partial charge in [-0.3, -0.25) is 0 Å². The zero-order chi connectivity index (χ0) is 8.97. The van der Waals surface area contributed by atoms with E-state index >= 15 is 0 Å². The number of halogens is 1. The lowest BCUT2D eigenvalue weighted by Crippen LogP contribution is -2.11. The third-order valence-corrected chi connectivity index (χ3v) is 1.76. The summed E-state index contributed by atoms with van der Waals surface area (Å²) in [5.41, 5.74) is 1.35. The Labute approximate surface area is 76.5 Å². The molecule has 12 heavy (non-hydrogen) atoms. The molecule has 0 aromatic heterocycles. The van der Waals surface area contributed by atoms with Crippen LogP contribution in [0.15, 0.2) is 35.5 Å². The third kappa shape index (κ3) is 1.98. The van der Waals surface area contributed by atoms with Crippen molar-refractivity contribution in [2.45, 2.75) is 12.3 Å². The fraction of sp³-hybridized carbons (Fsp3) is 0.222. The van der Waals surface area contributed by atoms with E-state index < -0.39 is 0 Å². The Kier molecular flexibility index (Phi) is 3.11. The van der Waals surface area contributed by atoms with Gasteiger partial charge in [-0.15, -0.1) is 11.6 Å². The van der Waals surface area contributed by atoms with E-state index in [0.29, 0.717) is 5.71 Å². The average molecular weight is 184 g/mol. The van der Waals surface area contributed by atoms with Crippen molar-refractivity contribution < 1.29 is 5.21 Å². The van der Waals surface area contributed by atoms with Crippen LogP contribution in [0.5, 0.6) is 0 Å². The molecule has 0 saturated heterocycles. The average Bonchev–Trinajstić information content (AvgIpc) is 2.07. The Bertz CT molecular complexity index is 269. The van der Waals surface area contributed by atoms with Gasteiger partial charge in [0.25, 0.3) is 0 Å². The molecule has 64 valence electrons. The van der Waals surface area contributed by atoms with Crippen LogP contribution in [0.2, 0.25) is 0 Å². The van der Waals surface area contributed by atoms with Crippen molar-refractivity contribution in [3.8, 4) is 0 Å². The lowest BCUT2D eigenvalue weighted by molar-refractivity contribution is 0.318. The molecule has 0 spiro atoms. The number of hydrogen-bond acceptors (Lipinski definition) is 2. The van der Waals surface area contributed by atoms with Crippen LogP contribution in [0, 0.1) is 0 Å². The maximum Gasteiger partial charge on any atom is 0.104 e. The molecular weight excluding hydrogens is 174 g/mol. The van der Waals surface area contributed by atoms with Crippen LogP contribution in [0.4, 0.5) is 0 Å². The molecule has 0 aliphatic heterocycles. The highest BCUT2D eigenvalue weighted by atomic mass is 35.5. The molecular formula is C9H10ClNO. The van der Waals surface area contributed by atoms with Gasteiger partial charge in [-0.1, -0.05) is 35.5 Å². The Balaban J connectivity index is 2.97. The van der Waals surface area contributed by atoms with Gasteiger partial charge >= 0.3 is 0 Å². The molecule has 1 aromatic rings. The van der Waals surface area contributed by atoms with Gasteiger partial charge < -0.3 is 5.21 Å². The van der Waals surface area contributed by atoms with Crippen LogP contribution in [0.1, 0.15) is 12.5 Å². The normalized spacial score (nSPS) is 14.3. The predicted octanol–water partition coefficient (Wildman–Crippen LogP) is 2.49. The van der Waals surface area contributed by atoms with Crippen LogP contribution in [0.25, 0.3) is 0 Å². The lowest BCUT2D eigenvalue weighted by atomic mass is 10.1. The summed E-state index contributed by atoms with van der Waals surface area (Å²) in [6.45, 7) is 1.77. The molecule has 0 saturated carbocycles. The van der Waals surface area contributed by atoms with E-state index in [0.717, 1.165) is 5.56 Å². The van der Waals surface area contributed by atoms with E-state index in [-0.39, 0.29) is 5.38 Å². The number of nitrogens with zero attached hydrogens (tertiary/aromatic N) is 1. The molecule has 1 atom stereocenters. The molecule has 1 unspecified atom stereocenters. The molecule has 0 bridgehead atoms. The number of alkyl halides is 1. The van der Waals surface area contributed by atoms with Gasteiger partial charge in [-0.25, -0.2) is 0 Å². The summed E-state index contributed by atoms with van der Waals surface area (Å²) < 4.78 is 0. The zero-order valence-electron chi connectivity index (χ0n) is 6.74. The standard InChI is InChI=1S/C9H10ClNO/c1-7(10)9(11-12)8-5-3-2-4-6-8/h2-7,12H,1H3. The topological polar surface area (TPSA) is 32.6 Å². The predicted molar refractivity (Wildman–Crippen MR) is 50.1 cm³/mol. The molecule has 1 aromatic carbocycles. The number of oxime groups is 1. The summed E-state index contributed by atoms with van der Waals surface area (Å²) >= 11 is 5.79. The molecule has 1 rings (SSSR count). The van der Waals surface area contributed by atoms with E-state index in [1.54, 1.807) is 6.92 Å². The molecule has 0 fully saturated rings. The maximum atomic E-state index is 8.65. The number of hydrogen-bond donors (Lipinski definition) is 1. The minimum absolute atomic E-state index is 0.280. The summed E-state index contributed by atoms with van der Waals surface area (Å²) in [5, 5.41) is 11.5. The van der Waals surface area contributed by atoms with Crippen molar-refractivity contribution >= 4 is 17.3 Å². The van der Waals surface area contributed by atoms with Crippen molar-refractivity contribution in [2.75, 3.05) is 0 Å². The second-order valence-electron chi connectivity index (χ2n) is 2.47. The fourth-order valence-electron chi connectivity index (χ4n) is 0.976. The van der Waals surface area contributed by atoms with Gasteiger partial charge in [0, 0.05) is 5.56 Å². The lowest BCUT2D eigenvalue weighted by Gasteiger charge is -2.04. The molecule has 0 amide bonds. The van der Waals surface area contributed by atoms with Crippen molar-refractivity contribution in [2.24, 2.45) is 5.16 Å².